The highest BCUT2D eigenvalue weighted by molar-refractivity contribution is 5.81. The third-order valence-corrected chi connectivity index (χ3v) is 1.55. The summed E-state index contributed by atoms with van der Waals surface area (Å²) in [6.07, 6.45) is 1.73. The normalized spacial score (nSPS) is 9.86. The van der Waals surface area contributed by atoms with Gasteiger partial charge in [-0.3, -0.25) is 4.79 Å². The van der Waals surface area contributed by atoms with Gasteiger partial charge in [0.2, 0.25) is 5.88 Å². The number of carbonyl (C=O) groups excluding carboxylic acids is 1. The van der Waals surface area contributed by atoms with Crippen LogP contribution in [0, 0.1) is 0 Å². The van der Waals surface area contributed by atoms with E-state index in [0.29, 0.717) is 11.7 Å². The van der Waals surface area contributed by atoms with Crippen molar-refractivity contribution in [3.05, 3.63) is 18.1 Å². The summed E-state index contributed by atoms with van der Waals surface area (Å²) in [4.78, 5) is 19.1. The first kappa shape index (κ1) is 10.6. The van der Waals surface area contributed by atoms with E-state index in [0.717, 1.165) is 0 Å². The maximum atomic E-state index is 11.2. The lowest BCUT2D eigenvalue weighted by Gasteiger charge is -2.01. The van der Waals surface area contributed by atoms with Crippen molar-refractivity contribution in [3.63, 3.8) is 0 Å². The maximum absolute atomic E-state index is 11.2. The van der Waals surface area contributed by atoms with Gasteiger partial charge in [0.15, 0.2) is 5.78 Å². The molecule has 0 aromatic carbocycles. The van der Waals surface area contributed by atoms with Crippen molar-refractivity contribution in [1.29, 1.82) is 0 Å². The Morgan fingerprint density at radius 3 is 2.93 bits per heavy atom. The van der Waals surface area contributed by atoms with Crippen LogP contribution < -0.4 is 4.74 Å². The predicted molar refractivity (Wildman–Crippen MR) is 49.2 cm³/mol. The second-order valence-corrected chi connectivity index (χ2v) is 2.66. The van der Waals surface area contributed by atoms with Gasteiger partial charge in [0, 0.05) is 19.4 Å². The molecule has 1 heterocycles. The fourth-order valence-electron chi connectivity index (χ4n) is 0.968. The predicted octanol–water partition coefficient (Wildman–Crippen LogP) is 0.243. The lowest BCUT2D eigenvalue weighted by Crippen LogP contribution is -2.12. The molecule has 5 heteroatoms. The number of hydrogen-bond acceptors (Lipinski definition) is 5. The van der Waals surface area contributed by atoms with Gasteiger partial charge in [0.05, 0.1) is 13.5 Å². The molecule has 1 aromatic heterocycles. The molecule has 0 saturated carbocycles. The molecule has 0 aliphatic carbocycles. The molecule has 0 aliphatic rings. The van der Waals surface area contributed by atoms with Crippen molar-refractivity contribution >= 4 is 5.78 Å². The number of ketones is 1. The first-order valence-corrected chi connectivity index (χ1v) is 4.13. The molecule has 0 amide bonds. The molecule has 0 atom stereocenters. The van der Waals surface area contributed by atoms with Gasteiger partial charge in [-0.15, -0.1) is 0 Å². The number of aromatic nitrogens is 2. The first-order valence-electron chi connectivity index (χ1n) is 4.13. The molecule has 1 rings (SSSR count). The second-order valence-electron chi connectivity index (χ2n) is 2.66. The Balaban J connectivity index is 2.62. The Hall–Kier alpha value is -1.49. The van der Waals surface area contributed by atoms with Crippen molar-refractivity contribution in [2.24, 2.45) is 0 Å². The van der Waals surface area contributed by atoms with Crippen LogP contribution in [0.1, 0.15) is 5.82 Å². The zero-order valence-corrected chi connectivity index (χ0v) is 8.19. The summed E-state index contributed by atoms with van der Waals surface area (Å²) in [5.74, 6) is 0.854. The SMILES string of the molecule is COCC(=O)Cc1nccc(OC)n1. The van der Waals surface area contributed by atoms with E-state index in [1.165, 1.54) is 14.2 Å². The third kappa shape index (κ3) is 3.10. The fraction of sp³-hybridized carbons (Fsp3) is 0.444. The van der Waals surface area contributed by atoms with Crippen LogP contribution in [0.5, 0.6) is 5.88 Å². The largest absolute Gasteiger partial charge is 0.481 e. The van der Waals surface area contributed by atoms with Crippen molar-refractivity contribution in [3.8, 4) is 5.88 Å². The van der Waals surface area contributed by atoms with Gasteiger partial charge in [0.25, 0.3) is 0 Å². The zero-order valence-electron chi connectivity index (χ0n) is 8.19. The number of nitrogens with zero attached hydrogens (tertiary/aromatic N) is 2. The van der Waals surface area contributed by atoms with Crippen LogP contribution in [0.4, 0.5) is 0 Å². The van der Waals surface area contributed by atoms with Gasteiger partial charge >= 0.3 is 0 Å². The standard InChI is InChI=1S/C9H12N2O3/c1-13-6-7(12)5-8-10-4-3-9(11-8)14-2/h3-4H,5-6H2,1-2H3. The number of carbonyl (C=O) groups is 1. The summed E-state index contributed by atoms with van der Waals surface area (Å²) in [6.45, 7) is 0.0839. The Bertz CT molecular complexity index is 315. The number of ether oxygens (including phenoxy) is 2. The minimum Gasteiger partial charge on any atom is -0.481 e. The van der Waals surface area contributed by atoms with E-state index in [1.54, 1.807) is 12.3 Å². The molecule has 14 heavy (non-hydrogen) atoms. The van der Waals surface area contributed by atoms with E-state index in [1.807, 2.05) is 0 Å². The number of methoxy groups -OCH3 is 2. The number of Topliss-reactive ketones (excluding diaryl/α,β-unsaturated/α-hetero) is 1. The van der Waals surface area contributed by atoms with Crippen molar-refractivity contribution in [1.82, 2.24) is 9.97 Å². The van der Waals surface area contributed by atoms with Crippen molar-refractivity contribution in [2.45, 2.75) is 6.42 Å². The quantitative estimate of drug-likeness (QED) is 0.675. The summed E-state index contributed by atoms with van der Waals surface area (Å²) >= 11 is 0. The summed E-state index contributed by atoms with van der Waals surface area (Å²) in [6, 6.07) is 1.63. The van der Waals surface area contributed by atoms with E-state index >= 15 is 0 Å². The zero-order chi connectivity index (χ0) is 10.4. The molecule has 0 aliphatic heterocycles. The van der Waals surface area contributed by atoms with Crippen molar-refractivity contribution in [2.75, 3.05) is 20.8 Å². The Kier molecular flexibility index (Phi) is 4.00. The lowest BCUT2D eigenvalue weighted by molar-refractivity contribution is -0.122. The monoisotopic (exact) mass is 196 g/mol. The minimum absolute atomic E-state index is 0.0549. The molecule has 5 nitrogen and oxygen atoms in total. The molecule has 0 fully saturated rings. The molecular formula is C9H12N2O3. The van der Waals surface area contributed by atoms with Gasteiger partial charge in [-0.05, 0) is 0 Å². The smallest absolute Gasteiger partial charge is 0.216 e. The van der Waals surface area contributed by atoms with Gasteiger partial charge in [-0.2, -0.15) is 4.98 Å². The first-order chi connectivity index (χ1) is 6.76. The minimum atomic E-state index is -0.0549. The molecular weight excluding hydrogens is 184 g/mol. The van der Waals surface area contributed by atoms with Crippen molar-refractivity contribution < 1.29 is 14.3 Å². The van der Waals surface area contributed by atoms with Crippen LogP contribution in [0.3, 0.4) is 0 Å². The van der Waals surface area contributed by atoms with Gasteiger partial charge in [-0.1, -0.05) is 0 Å². The molecule has 0 radical (unpaired) electrons. The van der Waals surface area contributed by atoms with Crippen LogP contribution in [-0.4, -0.2) is 36.6 Å². The molecule has 76 valence electrons. The average Bonchev–Trinajstić information content (AvgIpc) is 2.18. The van der Waals surface area contributed by atoms with Gasteiger partial charge in [0.1, 0.15) is 12.4 Å². The highest BCUT2D eigenvalue weighted by Gasteiger charge is 2.06. The Labute approximate surface area is 82.1 Å². The molecule has 1 aromatic rings. The summed E-state index contributed by atoms with van der Waals surface area (Å²) < 4.78 is 9.60. The molecule has 0 bridgehead atoms. The molecule has 0 N–H and O–H groups in total. The van der Waals surface area contributed by atoms with Crippen LogP contribution in [-0.2, 0) is 16.0 Å². The van der Waals surface area contributed by atoms with E-state index in [4.69, 9.17) is 9.47 Å². The second kappa shape index (κ2) is 5.29. The van der Waals surface area contributed by atoms with E-state index in [2.05, 4.69) is 9.97 Å². The Morgan fingerprint density at radius 1 is 1.50 bits per heavy atom. The average molecular weight is 196 g/mol. The topological polar surface area (TPSA) is 61.3 Å². The summed E-state index contributed by atoms with van der Waals surface area (Å²) in [5, 5.41) is 0. The van der Waals surface area contributed by atoms with Crippen LogP contribution in [0.2, 0.25) is 0 Å². The number of hydrogen-bond donors (Lipinski definition) is 0. The Morgan fingerprint density at radius 2 is 2.29 bits per heavy atom. The van der Waals surface area contributed by atoms with E-state index in [-0.39, 0.29) is 18.8 Å². The molecule has 0 spiro atoms. The highest BCUT2D eigenvalue weighted by atomic mass is 16.5. The van der Waals surface area contributed by atoms with Crippen LogP contribution in [0.25, 0.3) is 0 Å². The van der Waals surface area contributed by atoms with Gasteiger partial charge < -0.3 is 9.47 Å². The summed E-state index contributed by atoms with van der Waals surface area (Å²) in [5.41, 5.74) is 0. The lowest BCUT2D eigenvalue weighted by atomic mass is 10.3. The number of rotatable bonds is 5. The molecule has 0 unspecified atom stereocenters. The van der Waals surface area contributed by atoms with Gasteiger partial charge in [-0.25, -0.2) is 4.98 Å². The van der Waals surface area contributed by atoms with E-state index in [9.17, 15) is 4.79 Å². The highest BCUT2D eigenvalue weighted by Crippen LogP contribution is 2.04. The van der Waals surface area contributed by atoms with E-state index < -0.39 is 0 Å². The fourth-order valence-corrected chi connectivity index (χ4v) is 0.968. The van der Waals surface area contributed by atoms with Crippen LogP contribution in [0.15, 0.2) is 12.3 Å². The summed E-state index contributed by atoms with van der Waals surface area (Å²) in [7, 11) is 2.99. The van der Waals surface area contributed by atoms with Crippen LogP contribution >= 0.6 is 0 Å². The maximum Gasteiger partial charge on any atom is 0.216 e. The third-order valence-electron chi connectivity index (χ3n) is 1.55. The molecule has 0 saturated heterocycles.